The van der Waals surface area contributed by atoms with Gasteiger partial charge in [0.05, 0.1) is 16.8 Å². The lowest BCUT2D eigenvalue weighted by Crippen LogP contribution is -2.26. The summed E-state index contributed by atoms with van der Waals surface area (Å²) in [5, 5.41) is 4.19. The average molecular weight is 558 g/mol. The van der Waals surface area contributed by atoms with Gasteiger partial charge in [0, 0.05) is 29.7 Å². The molecular formula is C29H27N5O3S2. The molecule has 0 spiro atoms. The maximum absolute atomic E-state index is 14.0. The molecule has 0 unspecified atom stereocenters. The van der Waals surface area contributed by atoms with Crippen molar-refractivity contribution in [2.75, 3.05) is 6.54 Å². The summed E-state index contributed by atoms with van der Waals surface area (Å²) >= 11 is 3.02. The number of fused-ring (bicyclic) bond motifs is 3. The van der Waals surface area contributed by atoms with Crippen LogP contribution in [0, 0.1) is 6.92 Å². The predicted octanol–water partition coefficient (Wildman–Crippen LogP) is 5.28. The molecule has 198 valence electrons. The minimum atomic E-state index is -0.300. The standard InChI is InChI=1S/C29H27N5O3S2/c1-18-8-2-4-11-22(18)34-28(36)25-20-10-3-5-12-23(20)39-27(25)33-29(34)38-17-24-32-21(16-37-24)26(35)31-15-13-19-9-6-7-14-30-19/h2,4,6-9,11,14,16H,3,5,10,12-13,15,17H2,1H3,(H,31,35). The van der Waals surface area contributed by atoms with Crippen molar-refractivity contribution in [3.8, 4) is 5.69 Å². The summed E-state index contributed by atoms with van der Waals surface area (Å²) in [7, 11) is 0. The highest BCUT2D eigenvalue weighted by Crippen LogP contribution is 2.36. The normalized spacial score (nSPS) is 12.9. The van der Waals surface area contributed by atoms with E-state index >= 15 is 0 Å². The Hall–Kier alpha value is -3.76. The molecule has 1 amide bonds. The van der Waals surface area contributed by atoms with Crippen LogP contribution in [0.3, 0.4) is 0 Å². The van der Waals surface area contributed by atoms with Crippen LogP contribution < -0.4 is 10.9 Å². The number of thioether (sulfide) groups is 1. The van der Waals surface area contributed by atoms with Crippen molar-refractivity contribution in [1.82, 2.24) is 24.8 Å². The highest BCUT2D eigenvalue weighted by Gasteiger charge is 2.24. The van der Waals surface area contributed by atoms with E-state index in [9.17, 15) is 9.59 Å². The first-order chi connectivity index (χ1) is 19.1. The van der Waals surface area contributed by atoms with Crippen LogP contribution in [0.5, 0.6) is 0 Å². The Morgan fingerprint density at radius 1 is 1.13 bits per heavy atom. The molecule has 0 aliphatic heterocycles. The molecule has 1 N–H and O–H groups in total. The van der Waals surface area contributed by atoms with Gasteiger partial charge in [-0.15, -0.1) is 11.3 Å². The van der Waals surface area contributed by atoms with Gasteiger partial charge in [-0.05, 0) is 61.9 Å². The number of nitrogens with one attached hydrogen (secondary N) is 1. The largest absolute Gasteiger partial charge is 0.447 e. The number of hydrogen-bond acceptors (Lipinski definition) is 8. The van der Waals surface area contributed by atoms with Crippen molar-refractivity contribution < 1.29 is 9.21 Å². The summed E-state index contributed by atoms with van der Waals surface area (Å²) in [4.78, 5) is 42.2. The van der Waals surface area contributed by atoms with E-state index in [2.05, 4.69) is 15.3 Å². The van der Waals surface area contributed by atoms with Gasteiger partial charge in [-0.1, -0.05) is 36.0 Å². The number of aryl methyl sites for hydroxylation is 3. The van der Waals surface area contributed by atoms with Gasteiger partial charge in [-0.2, -0.15) is 0 Å². The zero-order valence-electron chi connectivity index (χ0n) is 21.5. The number of para-hydroxylation sites is 1. The number of carbonyl (C=O) groups is 1. The van der Waals surface area contributed by atoms with E-state index in [-0.39, 0.29) is 17.2 Å². The number of hydrogen-bond donors (Lipinski definition) is 1. The van der Waals surface area contributed by atoms with E-state index in [1.807, 2.05) is 49.4 Å². The van der Waals surface area contributed by atoms with E-state index in [1.54, 1.807) is 22.1 Å². The fraction of sp³-hybridized carbons (Fsp3) is 0.276. The average Bonchev–Trinajstić information content (AvgIpc) is 3.58. The zero-order chi connectivity index (χ0) is 26.8. The van der Waals surface area contributed by atoms with Gasteiger partial charge in [0.15, 0.2) is 10.9 Å². The monoisotopic (exact) mass is 557 g/mol. The molecule has 1 aromatic carbocycles. The SMILES string of the molecule is Cc1ccccc1-n1c(SCc2nc(C(=O)NCCc3ccccn3)co2)nc2sc3c(c2c1=O)CCCC3. The Morgan fingerprint density at radius 2 is 1.97 bits per heavy atom. The smallest absolute Gasteiger partial charge is 0.273 e. The van der Waals surface area contributed by atoms with Crippen molar-refractivity contribution in [1.29, 1.82) is 0 Å². The molecule has 0 fully saturated rings. The maximum Gasteiger partial charge on any atom is 0.273 e. The highest BCUT2D eigenvalue weighted by atomic mass is 32.2. The van der Waals surface area contributed by atoms with Crippen LogP contribution in [0.2, 0.25) is 0 Å². The number of nitrogens with zero attached hydrogens (tertiary/aromatic N) is 4. The van der Waals surface area contributed by atoms with Gasteiger partial charge in [0.1, 0.15) is 11.1 Å². The van der Waals surface area contributed by atoms with Gasteiger partial charge in [-0.25, -0.2) is 9.97 Å². The first-order valence-electron chi connectivity index (χ1n) is 13.0. The molecule has 0 atom stereocenters. The van der Waals surface area contributed by atoms with Crippen LogP contribution in [0.25, 0.3) is 15.9 Å². The molecule has 4 aromatic heterocycles. The van der Waals surface area contributed by atoms with Crippen LogP contribution in [0.4, 0.5) is 0 Å². The summed E-state index contributed by atoms with van der Waals surface area (Å²) in [6.07, 6.45) is 7.91. The number of rotatable bonds is 8. The predicted molar refractivity (Wildman–Crippen MR) is 153 cm³/mol. The van der Waals surface area contributed by atoms with E-state index < -0.39 is 0 Å². The summed E-state index contributed by atoms with van der Waals surface area (Å²) in [5.41, 5.74) is 4.08. The lowest BCUT2D eigenvalue weighted by molar-refractivity contribution is 0.0949. The first-order valence-corrected chi connectivity index (χ1v) is 14.8. The second kappa shape index (κ2) is 11.2. The number of carbonyl (C=O) groups excluding carboxylic acids is 1. The minimum absolute atomic E-state index is 0.0309. The molecule has 0 saturated carbocycles. The number of thiophene rings is 1. The summed E-state index contributed by atoms with van der Waals surface area (Å²) in [6, 6.07) is 13.5. The lowest BCUT2D eigenvalue weighted by atomic mass is 9.97. The second-order valence-corrected chi connectivity index (χ2v) is 11.5. The topological polar surface area (TPSA) is 103 Å². The molecule has 5 aromatic rings. The number of amides is 1. The van der Waals surface area contributed by atoms with Gasteiger partial charge in [0.25, 0.3) is 11.5 Å². The second-order valence-electron chi connectivity index (χ2n) is 9.45. The van der Waals surface area contributed by atoms with Gasteiger partial charge < -0.3 is 9.73 Å². The maximum atomic E-state index is 14.0. The molecular weight excluding hydrogens is 530 g/mol. The molecule has 0 radical (unpaired) electrons. The van der Waals surface area contributed by atoms with E-state index in [0.717, 1.165) is 52.8 Å². The van der Waals surface area contributed by atoms with Crippen molar-refractivity contribution in [3.05, 3.63) is 98.6 Å². The summed E-state index contributed by atoms with van der Waals surface area (Å²) < 4.78 is 7.33. The van der Waals surface area contributed by atoms with Gasteiger partial charge in [-0.3, -0.25) is 19.1 Å². The lowest BCUT2D eigenvalue weighted by Gasteiger charge is -2.15. The molecule has 1 aliphatic carbocycles. The molecule has 8 nitrogen and oxygen atoms in total. The van der Waals surface area contributed by atoms with Crippen molar-refractivity contribution >= 4 is 39.2 Å². The van der Waals surface area contributed by atoms with Crippen molar-refractivity contribution in [2.45, 2.75) is 49.9 Å². The Kier molecular flexibility index (Phi) is 7.30. The van der Waals surface area contributed by atoms with Gasteiger partial charge >= 0.3 is 0 Å². The quantitative estimate of drug-likeness (QED) is 0.204. The third kappa shape index (κ3) is 5.26. The number of benzene rings is 1. The highest BCUT2D eigenvalue weighted by molar-refractivity contribution is 7.98. The van der Waals surface area contributed by atoms with E-state index in [4.69, 9.17) is 9.40 Å². The van der Waals surface area contributed by atoms with Crippen molar-refractivity contribution in [3.63, 3.8) is 0 Å². The Labute approximate surface area is 233 Å². The molecule has 6 rings (SSSR count). The number of aromatic nitrogens is 4. The van der Waals surface area contributed by atoms with Crippen LogP contribution in [0.1, 0.15) is 50.9 Å². The number of oxazole rings is 1. The molecule has 0 bridgehead atoms. The fourth-order valence-electron chi connectivity index (χ4n) is 4.86. The summed E-state index contributed by atoms with van der Waals surface area (Å²) in [5.74, 6) is 0.424. The Bertz CT molecular complexity index is 1710. The number of pyridine rings is 1. The fourth-order valence-corrected chi connectivity index (χ4v) is 7.02. The van der Waals surface area contributed by atoms with Crippen LogP contribution in [-0.4, -0.2) is 32.0 Å². The van der Waals surface area contributed by atoms with Crippen molar-refractivity contribution in [2.24, 2.45) is 0 Å². The van der Waals surface area contributed by atoms with Gasteiger partial charge in [0.2, 0.25) is 5.89 Å². The van der Waals surface area contributed by atoms with Crippen LogP contribution >= 0.6 is 23.1 Å². The molecule has 1 aliphatic rings. The van der Waals surface area contributed by atoms with Crippen LogP contribution in [-0.2, 0) is 25.0 Å². The molecule has 4 heterocycles. The third-order valence-electron chi connectivity index (χ3n) is 6.82. The third-order valence-corrected chi connectivity index (χ3v) is 8.93. The van der Waals surface area contributed by atoms with E-state index in [1.165, 1.54) is 28.5 Å². The minimum Gasteiger partial charge on any atom is -0.447 e. The van der Waals surface area contributed by atoms with E-state index in [0.29, 0.717) is 29.8 Å². The molecule has 10 heteroatoms. The molecule has 0 saturated heterocycles. The zero-order valence-corrected chi connectivity index (χ0v) is 23.1. The summed E-state index contributed by atoms with van der Waals surface area (Å²) in [6.45, 7) is 2.44. The molecule has 39 heavy (non-hydrogen) atoms. The first kappa shape index (κ1) is 25.5. The Balaban J connectivity index is 1.24. The van der Waals surface area contributed by atoms with Crippen LogP contribution in [0.15, 0.2) is 69.3 Å². The Morgan fingerprint density at radius 3 is 2.82 bits per heavy atom.